The zero-order valence-corrected chi connectivity index (χ0v) is 14.0. The maximum Gasteiger partial charge on any atom is 0.225 e. The molecule has 3 aliphatic heterocycles. The van der Waals surface area contributed by atoms with E-state index in [1.165, 1.54) is 51.6 Å². The van der Waals surface area contributed by atoms with Crippen molar-refractivity contribution in [2.24, 2.45) is 5.41 Å². The maximum absolute atomic E-state index is 5.51. The molecule has 23 heavy (non-hydrogen) atoms. The van der Waals surface area contributed by atoms with Gasteiger partial charge in [0.25, 0.3) is 0 Å². The zero-order chi connectivity index (χ0) is 15.5. The fourth-order valence-electron chi connectivity index (χ4n) is 4.55. The summed E-state index contributed by atoms with van der Waals surface area (Å²) in [7, 11) is 0. The third-order valence-corrected chi connectivity index (χ3v) is 6.23. The molecule has 4 heterocycles. The first-order valence-corrected chi connectivity index (χ1v) is 9.19. The summed E-state index contributed by atoms with van der Waals surface area (Å²) in [6.45, 7) is 6.71. The molecule has 4 rings (SSSR count). The average molecular weight is 316 g/mol. The van der Waals surface area contributed by atoms with Crippen molar-refractivity contribution >= 4 is 5.95 Å². The Morgan fingerprint density at radius 3 is 2.17 bits per heavy atom. The first-order valence-electron chi connectivity index (χ1n) is 9.19. The largest absolute Gasteiger partial charge is 0.381 e. The van der Waals surface area contributed by atoms with Gasteiger partial charge in [-0.25, -0.2) is 9.97 Å². The van der Waals surface area contributed by atoms with Crippen LogP contribution in [0.3, 0.4) is 0 Å². The van der Waals surface area contributed by atoms with Crippen LogP contribution in [0.1, 0.15) is 38.5 Å². The minimum absolute atomic E-state index is 0.576. The molecule has 1 aromatic heterocycles. The van der Waals surface area contributed by atoms with Crippen LogP contribution in [0, 0.1) is 5.41 Å². The van der Waals surface area contributed by atoms with E-state index in [0.717, 1.165) is 38.3 Å². The van der Waals surface area contributed by atoms with E-state index in [1.54, 1.807) is 0 Å². The molecule has 0 unspecified atom stereocenters. The van der Waals surface area contributed by atoms with Crippen molar-refractivity contribution in [3.8, 4) is 0 Å². The summed E-state index contributed by atoms with van der Waals surface area (Å²) in [6, 6.07) is 2.67. The molecule has 3 fully saturated rings. The summed E-state index contributed by atoms with van der Waals surface area (Å²) in [5, 5.41) is 0. The van der Waals surface area contributed by atoms with Gasteiger partial charge in [0.2, 0.25) is 5.95 Å². The second-order valence-corrected chi connectivity index (χ2v) is 7.42. The number of hydrogen-bond acceptors (Lipinski definition) is 5. The average Bonchev–Trinajstić information content (AvgIpc) is 2.65. The minimum Gasteiger partial charge on any atom is -0.381 e. The van der Waals surface area contributed by atoms with Gasteiger partial charge in [-0.1, -0.05) is 0 Å². The highest BCUT2D eigenvalue weighted by Gasteiger charge is 2.39. The molecule has 0 radical (unpaired) electrons. The van der Waals surface area contributed by atoms with Crippen molar-refractivity contribution in [3.63, 3.8) is 0 Å². The van der Waals surface area contributed by atoms with E-state index >= 15 is 0 Å². The van der Waals surface area contributed by atoms with Gasteiger partial charge < -0.3 is 14.5 Å². The van der Waals surface area contributed by atoms with Gasteiger partial charge in [0.1, 0.15) is 0 Å². The van der Waals surface area contributed by atoms with E-state index in [9.17, 15) is 0 Å². The molecule has 5 heteroatoms. The van der Waals surface area contributed by atoms with Gasteiger partial charge >= 0.3 is 0 Å². The lowest BCUT2D eigenvalue weighted by atomic mass is 9.71. The molecule has 5 nitrogen and oxygen atoms in total. The third kappa shape index (κ3) is 3.36. The van der Waals surface area contributed by atoms with Crippen LogP contribution in [0.2, 0.25) is 0 Å². The van der Waals surface area contributed by atoms with Crippen LogP contribution in [0.5, 0.6) is 0 Å². The van der Waals surface area contributed by atoms with Crippen LogP contribution in [0.15, 0.2) is 18.5 Å². The molecule has 0 amide bonds. The quantitative estimate of drug-likeness (QED) is 0.838. The summed E-state index contributed by atoms with van der Waals surface area (Å²) in [6.07, 6.45) is 11.5. The van der Waals surface area contributed by atoms with Gasteiger partial charge in [-0.15, -0.1) is 0 Å². The molecular weight excluding hydrogens is 288 g/mol. The van der Waals surface area contributed by atoms with Gasteiger partial charge in [0.15, 0.2) is 0 Å². The van der Waals surface area contributed by atoms with Crippen LogP contribution in [-0.2, 0) is 4.74 Å². The first-order chi connectivity index (χ1) is 11.3. The number of hydrogen-bond donors (Lipinski definition) is 0. The molecule has 0 bridgehead atoms. The Bertz CT molecular complexity index is 485. The Morgan fingerprint density at radius 2 is 1.52 bits per heavy atom. The number of likely N-dealkylation sites (tertiary alicyclic amines) is 1. The highest BCUT2D eigenvalue weighted by molar-refractivity contribution is 5.29. The van der Waals surface area contributed by atoms with Crippen molar-refractivity contribution in [1.82, 2.24) is 14.9 Å². The number of piperidine rings is 2. The van der Waals surface area contributed by atoms with Crippen LogP contribution >= 0.6 is 0 Å². The summed E-state index contributed by atoms with van der Waals surface area (Å²) < 4.78 is 5.51. The van der Waals surface area contributed by atoms with E-state index in [-0.39, 0.29) is 0 Å². The molecule has 3 saturated heterocycles. The van der Waals surface area contributed by atoms with Gasteiger partial charge in [-0.05, 0) is 63.1 Å². The van der Waals surface area contributed by atoms with Crippen LogP contribution in [-0.4, -0.2) is 60.3 Å². The minimum atomic E-state index is 0.576. The van der Waals surface area contributed by atoms with Gasteiger partial charge in [-0.2, -0.15) is 0 Å². The highest BCUT2D eigenvalue weighted by atomic mass is 16.5. The van der Waals surface area contributed by atoms with E-state index in [1.807, 2.05) is 18.5 Å². The van der Waals surface area contributed by atoms with Crippen LogP contribution < -0.4 is 4.90 Å². The van der Waals surface area contributed by atoms with E-state index in [0.29, 0.717) is 5.41 Å². The monoisotopic (exact) mass is 316 g/mol. The molecule has 1 spiro atoms. The second-order valence-electron chi connectivity index (χ2n) is 7.42. The highest BCUT2D eigenvalue weighted by Crippen LogP contribution is 2.42. The summed E-state index contributed by atoms with van der Waals surface area (Å²) in [5.41, 5.74) is 0.576. The molecule has 3 aliphatic rings. The van der Waals surface area contributed by atoms with Gasteiger partial charge in [0, 0.05) is 44.7 Å². The van der Waals surface area contributed by atoms with Crippen LogP contribution in [0.25, 0.3) is 0 Å². The predicted octanol–water partition coefficient (Wildman–Crippen LogP) is 2.34. The normalized spacial score (nSPS) is 26.5. The lowest BCUT2D eigenvalue weighted by molar-refractivity contribution is -0.000260. The fraction of sp³-hybridized carbons (Fsp3) is 0.778. The van der Waals surface area contributed by atoms with Crippen molar-refractivity contribution in [1.29, 1.82) is 0 Å². The molecule has 1 aromatic rings. The molecule has 0 atom stereocenters. The lowest BCUT2D eigenvalue weighted by Crippen LogP contribution is -2.50. The Labute approximate surface area is 139 Å². The molecule has 0 aliphatic carbocycles. The summed E-state index contributed by atoms with van der Waals surface area (Å²) in [5.74, 6) is 0.905. The van der Waals surface area contributed by atoms with Crippen molar-refractivity contribution in [2.75, 3.05) is 44.3 Å². The molecular formula is C18H28N4O. The Balaban J connectivity index is 1.30. The summed E-state index contributed by atoms with van der Waals surface area (Å²) >= 11 is 0. The molecule has 0 aromatic carbocycles. The van der Waals surface area contributed by atoms with E-state index in [4.69, 9.17) is 4.74 Å². The topological polar surface area (TPSA) is 41.5 Å². The SMILES string of the molecule is c1cnc(N2CCC3(CC2)CCN(C2CCOCC2)CC3)nc1. The predicted molar refractivity (Wildman–Crippen MR) is 90.6 cm³/mol. The van der Waals surface area contributed by atoms with Crippen molar-refractivity contribution in [2.45, 2.75) is 44.6 Å². The van der Waals surface area contributed by atoms with Crippen molar-refractivity contribution in [3.05, 3.63) is 18.5 Å². The molecule has 126 valence electrons. The number of aromatic nitrogens is 2. The fourth-order valence-corrected chi connectivity index (χ4v) is 4.55. The number of ether oxygens (including phenoxy) is 1. The third-order valence-electron chi connectivity index (χ3n) is 6.23. The second kappa shape index (κ2) is 6.73. The van der Waals surface area contributed by atoms with Gasteiger partial charge in [-0.3, -0.25) is 0 Å². The first kappa shape index (κ1) is 15.3. The Morgan fingerprint density at radius 1 is 0.913 bits per heavy atom. The van der Waals surface area contributed by atoms with Crippen molar-refractivity contribution < 1.29 is 4.74 Å². The number of anilines is 1. The van der Waals surface area contributed by atoms with Crippen LogP contribution in [0.4, 0.5) is 5.95 Å². The zero-order valence-electron chi connectivity index (χ0n) is 14.0. The number of nitrogens with zero attached hydrogens (tertiary/aromatic N) is 4. The Kier molecular flexibility index (Phi) is 4.49. The lowest BCUT2D eigenvalue weighted by Gasteiger charge is -2.48. The van der Waals surface area contributed by atoms with E-state index in [2.05, 4.69) is 19.8 Å². The molecule has 0 N–H and O–H groups in total. The maximum atomic E-state index is 5.51. The van der Waals surface area contributed by atoms with E-state index < -0.39 is 0 Å². The summed E-state index contributed by atoms with van der Waals surface area (Å²) in [4.78, 5) is 13.9. The standard InChI is InChI=1S/C18H28N4O/c1-8-19-17(20-9-1)22-12-6-18(7-13-22)4-10-21(11-5-18)16-2-14-23-15-3-16/h1,8-9,16H,2-7,10-15H2. The van der Waals surface area contributed by atoms with Gasteiger partial charge in [0.05, 0.1) is 0 Å². The smallest absolute Gasteiger partial charge is 0.225 e. The molecule has 0 saturated carbocycles. The number of rotatable bonds is 2. The Hall–Kier alpha value is -1.20.